The molecule has 1 unspecified atom stereocenters. The maximum atomic E-state index is 12.3. The summed E-state index contributed by atoms with van der Waals surface area (Å²) in [7, 11) is 0. The average molecular weight is 425 g/mol. The van der Waals surface area contributed by atoms with Crippen LogP contribution in [-0.4, -0.2) is 30.7 Å². The van der Waals surface area contributed by atoms with E-state index >= 15 is 0 Å². The van der Waals surface area contributed by atoms with E-state index in [1.807, 2.05) is 0 Å². The lowest BCUT2D eigenvalue weighted by Crippen LogP contribution is -2.30. The van der Waals surface area contributed by atoms with Crippen LogP contribution in [-0.2, 0) is 14.3 Å². The Bertz CT molecular complexity index is 888. The van der Waals surface area contributed by atoms with Crippen LogP contribution in [0.2, 0.25) is 10.0 Å². The topological polar surface area (TPSA) is 93.7 Å². The number of hydrogen-bond acceptors (Lipinski definition) is 5. The third-order valence-corrected chi connectivity index (χ3v) is 4.30. The summed E-state index contributed by atoms with van der Waals surface area (Å²) < 4.78 is 9.95. The van der Waals surface area contributed by atoms with Crippen molar-refractivity contribution in [1.29, 1.82) is 0 Å². The van der Waals surface area contributed by atoms with Gasteiger partial charge in [-0.25, -0.2) is 9.59 Å². The van der Waals surface area contributed by atoms with Gasteiger partial charge in [0.2, 0.25) is 0 Å². The normalized spacial score (nSPS) is 11.3. The van der Waals surface area contributed by atoms with E-state index in [1.165, 1.54) is 19.1 Å². The van der Waals surface area contributed by atoms with Gasteiger partial charge < -0.3 is 14.8 Å². The van der Waals surface area contributed by atoms with E-state index in [-0.39, 0.29) is 22.2 Å². The molecule has 2 aromatic carbocycles. The van der Waals surface area contributed by atoms with Crippen molar-refractivity contribution in [1.82, 2.24) is 0 Å². The molecule has 0 aliphatic rings. The van der Waals surface area contributed by atoms with Gasteiger partial charge in [-0.1, -0.05) is 35.3 Å². The minimum absolute atomic E-state index is 0.162. The van der Waals surface area contributed by atoms with Crippen LogP contribution < -0.4 is 10.6 Å². The summed E-state index contributed by atoms with van der Waals surface area (Å²) in [4.78, 5) is 36.0. The highest BCUT2D eigenvalue weighted by atomic mass is 35.5. The second kappa shape index (κ2) is 9.96. The highest BCUT2D eigenvalue weighted by Crippen LogP contribution is 2.29. The van der Waals surface area contributed by atoms with Crippen molar-refractivity contribution in [2.45, 2.75) is 20.0 Å². The lowest BCUT2D eigenvalue weighted by atomic mass is 10.2. The van der Waals surface area contributed by atoms with Crippen molar-refractivity contribution in [2.24, 2.45) is 0 Å². The number of benzene rings is 2. The molecule has 0 saturated heterocycles. The first-order chi connectivity index (χ1) is 13.3. The third-order valence-electron chi connectivity index (χ3n) is 3.48. The van der Waals surface area contributed by atoms with Crippen LogP contribution >= 0.6 is 23.2 Å². The number of carbonyl (C=O) groups excluding carboxylic acids is 3. The van der Waals surface area contributed by atoms with Gasteiger partial charge in [0.25, 0.3) is 5.91 Å². The zero-order chi connectivity index (χ0) is 20.7. The van der Waals surface area contributed by atoms with Gasteiger partial charge in [-0.05, 0) is 44.2 Å². The van der Waals surface area contributed by atoms with E-state index in [1.54, 1.807) is 37.3 Å². The number of anilines is 2. The Morgan fingerprint density at radius 3 is 2.50 bits per heavy atom. The Balaban J connectivity index is 2.00. The quantitative estimate of drug-likeness (QED) is 0.652. The van der Waals surface area contributed by atoms with Crippen molar-refractivity contribution < 1.29 is 23.9 Å². The fourth-order valence-electron chi connectivity index (χ4n) is 2.13. The molecule has 0 spiro atoms. The molecule has 0 heterocycles. The Hall–Kier alpha value is -2.77. The van der Waals surface area contributed by atoms with Gasteiger partial charge in [0.15, 0.2) is 6.10 Å². The average Bonchev–Trinajstić information content (AvgIpc) is 2.65. The molecule has 2 aromatic rings. The monoisotopic (exact) mass is 424 g/mol. The summed E-state index contributed by atoms with van der Waals surface area (Å²) in [5.41, 5.74) is 0.827. The summed E-state index contributed by atoms with van der Waals surface area (Å²) in [6.45, 7) is 3.32. The Labute approximate surface area is 171 Å². The molecule has 2 amide bonds. The summed E-state index contributed by atoms with van der Waals surface area (Å²) >= 11 is 11.9. The zero-order valence-corrected chi connectivity index (χ0v) is 16.6. The number of carbonyl (C=O) groups is 3. The smallest absolute Gasteiger partial charge is 0.411 e. The van der Waals surface area contributed by atoms with Gasteiger partial charge in [-0.3, -0.25) is 10.1 Å². The molecular formula is C19H18Cl2N2O5. The van der Waals surface area contributed by atoms with E-state index in [9.17, 15) is 14.4 Å². The SMILES string of the molecule is CCOC(=O)Nc1cccc(C(=O)OC(C)C(=O)Nc2cccc(Cl)c2Cl)c1. The lowest BCUT2D eigenvalue weighted by molar-refractivity contribution is -0.123. The van der Waals surface area contributed by atoms with Crippen molar-refractivity contribution in [3.05, 3.63) is 58.1 Å². The maximum absolute atomic E-state index is 12.3. The molecule has 7 nitrogen and oxygen atoms in total. The van der Waals surface area contributed by atoms with Gasteiger partial charge in [-0.15, -0.1) is 0 Å². The van der Waals surface area contributed by atoms with Crippen molar-refractivity contribution in [2.75, 3.05) is 17.2 Å². The third kappa shape index (κ3) is 5.87. The Kier molecular flexibility index (Phi) is 7.66. The number of ether oxygens (including phenoxy) is 2. The van der Waals surface area contributed by atoms with Gasteiger partial charge >= 0.3 is 12.1 Å². The first kappa shape index (κ1) is 21.5. The molecule has 9 heteroatoms. The first-order valence-corrected chi connectivity index (χ1v) is 9.07. The molecule has 2 N–H and O–H groups in total. The van der Waals surface area contributed by atoms with Gasteiger partial charge in [-0.2, -0.15) is 0 Å². The molecular weight excluding hydrogens is 407 g/mol. The van der Waals surface area contributed by atoms with Crippen molar-refractivity contribution >= 4 is 52.5 Å². The molecule has 28 heavy (non-hydrogen) atoms. The summed E-state index contributed by atoms with van der Waals surface area (Å²) in [5.74, 6) is -1.30. The van der Waals surface area contributed by atoms with Crippen LogP contribution in [0.4, 0.5) is 16.2 Å². The standard InChI is InChI=1S/C19H18Cl2N2O5/c1-3-27-19(26)22-13-7-4-6-12(10-13)18(25)28-11(2)17(24)23-15-9-5-8-14(20)16(15)21/h4-11H,3H2,1-2H3,(H,22,26)(H,23,24). The van der Waals surface area contributed by atoms with Gasteiger partial charge in [0.05, 0.1) is 27.9 Å². The summed E-state index contributed by atoms with van der Waals surface area (Å²) in [6.07, 6.45) is -1.73. The van der Waals surface area contributed by atoms with E-state index < -0.39 is 24.1 Å². The minimum atomic E-state index is -1.09. The largest absolute Gasteiger partial charge is 0.450 e. The Morgan fingerprint density at radius 2 is 1.79 bits per heavy atom. The minimum Gasteiger partial charge on any atom is -0.450 e. The number of hydrogen-bond donors (Lipinski definition) is 2. The van der Waals surface area contributed by atoms with E-state index in [0.717, 1.165) is 0 Å². The Morgan fingerprint density at radius 1 is 1.07 bits per heavy atom. The molecule has 0 aromatic heterocycles. The molecule has 0 aliphatic heterocycles. The molecule has 2 rings (SSSR count). The number of rotatable bonds is 6. The first-order valence-electron chi connectivity index (χ1n) is 8.31. The van der Waals surface area contributed by atoms with Crippen LogP contribution in [0.15, 0.2) is 42.5 Å². The van der Waals surface area contributed by atoms with Crippen LogP contribution in [0.1, 0.15) is 24.2 Å². The zero-order valence-electron chi connectivity index (χ0n) is 15.1. The van der Waals surface area contributed by atoms with Gasteiger partial charge in [0, 0.05) is 5.69 Å². The maximum Gasteiger partial charge on any atom is 0.411 e. The number of amides is 2. The lowest BCUT2D eigenvalue weighted by Gasteiger charge is -2.15. The van der Waals surface area contributed by atoms with Crippen LogP contribution in [0.3, 0.4) is 0 Å². The van der Waals surface area contributed by atoms with Crippen LogP contribution in [0.25, 0.3) is 0 Å². The fraction of sp³-hybridized carbons (Fsp3) is 0.211. The van der Waals surface area contributed by atoms with Crippen molar-refractivity contribution in [3.63, 3.8) is 0 Å². The van der Waals surface area contributed by atoms with Gasteiger partial charge in [0.1, 0.15) is 0 Å². The van der Waals surface area contributed by atoms with Crippen molar-refractivity contribution in [3.8, 4) is 0 Å². The molecule has 0 radical (unpaired) electrons. The molecule has 0 bridgehead atoms. The molecule has 0 aliphatic carbocycles. The molecule has 148 valence electrons. The highest BCUT2D eigenvalue weighted by molar-refractivity contribution is 6.44. The summed E-state index contributed by atoms with van der Waals surface area (Å²) in [6, 6.07) is 10.8. The van der Waals surface area contributed by atoms with Crippen LogP contribution in [0.5, 0.6) is 0 Å². The predicted molar refractivity (Wildman–Crippen MR) is 107 cm³/mol. The van der Waals surface area contributed by atoms with E-state index in [4.69, 9.17) is 32.7 Å². The molecule has 0 fully saturated rings. The predicted octanol–water partition coefficient (Wildman–Crippen LogP) is 4.75. The van der Waals surface area contributed by atoms with E-state index in [0.29, 0.717) is 11.4 Å². The summed E-state index contributed by atoms with van der Waals surface area (Å²) in [5, 5.41) is 5.51. The number of halogens is 2. The number of nitrogens with one attached hydrogen (secondary N) is 2. The highest BCUT2D eigenvalue weighted by Gasteiger charge is 2.20. The second-order valence-electron chi connectivity index (χ2n) is 5.56. The molecule has 0 saturated carbocycles. The molecule has 1 atom stereocenters. The fourth-order valence-corrected chi connectivity index (χ4v) is 2.47. The number of esters is 1. The van der Waals surface area contributed by atoms with E-state index in [2.05, 4.69) is 10.6 Å². The second-order valence-corrected chi connectivity index (χ2v) is 6.35. The van der Waals surface area contributed by atoms with Crippen LogP contribution in [0, 0.1) is 0 Å².